The maximum absolute atomic E-state index is 13.2. The van der Waals surface area contributed by atoms with Crippen molar-refractivity contribution >= 4 is 5.91 Å². The number of likely N-dealkylation sites (tertiary alicyclic amines) is 1. The van der Waals surface area contributed by atoms with Crippen molar-refractivity contribution in [2.45, 2.75) is 30.9 Å². The predicted octanol–water partition coefficient (Wildman–Crippen LogP) is 1.23. The summed E-state index contributed by atoms with van der Waals surface area (Å²) in [6, 6.07) is 6.48. The van der Waals surface area contributed by atoms with Crippen molar-refractivity contribution in [2.24, 2.45) is 0 Å². The Kier molecular flexibility index (Phi) is 3.75. The third kappa shape index (κ3) is 2.77. The SMILES string of the molecule is CN1CCC(C#N)(NC(=O)C2Cc3cc(F)ccc3O2)CC1. The molecule has 2 heterocycles. The van der Waals surface area contributed by atoms with Crippen LogP contribution in [-0.4, -0.2) is 42.6 Å². The van der Waals surface area contributed by atoms with E-state index in [4.69, 9.17) is 4.74 Å². The van der Waals surface area contributed by atoms with Crippen molar-refractivity contribution < 1.29 is 13.9 Å². The van der Waals surface area contributed by atoms with Gasteiger partial charge in [0.2, 0.25) is 0 Å². The van der Waals surface area contributed by atoms with Crippen LogP contribution >= 0.6 is 0 Å². The molecule has 1 saturated heterocycles. The lowest BCUT2D eigenvalue weighted by Crippen LogP contribution is -2.56. The largest absolute Gasteiger partial charge is 0.480 e. The first kappa shape index (κ1) is 14.8. The fourth-order valence-corrected chi connectivity index (χ4v) is 2.94. The monoisotopic (exact) mass is 303 g/mol. The number of carbonyl (C=O) groups is 1. The molecule has 1 fully saturated rings. The van der Waals surface area contributed by atoms with Gasteiger partial charge in [-0.05, 0) is 38.1 Å². The summed E-state index contributed by atoms with van der Waals surface area (Å²) in [4.78, 5) is 14.5. The van der Waals surface area contributed by atoms with Crippen molar-refractivity contribution in [1.82, 2.24) is 10.2 Å². The standard InChI is InChI=1S/C16H18FN3O2/c1-20-6-4-16(10-18,5-7-20)19-15(21)14-9-11-8-12(17)2-3-13(11)22-14/h2-3,8,14H,4-7,9H2,1H3,(H,19,21). The number of benzene rings is 1. The lowest BCUT2D eigenvalue weighted by Gasteiger charge is -2.36. The fourth-order valence-electron chi connectivity index (χ4n) is 2.94. The summed E-state index contributed by atoms with van der Waals surface area (Å²) in [6.45, 7) is 1.54. The number of fused-ring (bicyclic) bond motifs is 1. The molecule has 1 N–H and O–H groups in total. The molecule has 0 bridgehead atoms. The van der Waals surface area contributed by atoms with E-state index in [0.29, 0.717) is 30.6 Å². The minimum absolute atomic E-state index is 0.303. The zero-order valence-corrected chi connectivity index (χ0v) is 12.4. The van der Waals surface area contributed by atoms with Crippen LogP contribution in [0.15, 0.2) is 18.2 Å². The number of nitrogens with zero attached hydrogens (tertiary/aromatic N) is 2. The number of ether oxygens (including phenoxy) is 1. The number of halogens is 1. The van der Waals surface area contributed by atoms with Crippen molar-refractivity contribution in [3.8, 4) is 11.8 Å². The Balaban J connectivity index is 1.67. The average molecular weight is 303 g/mol. The van der Waals surface area contributed by atoms with E-state index >= 15 is 0 Å². The van der Waals surface area contributed by atoms with Crippen LogP contribution < -0.4 is 10.1 Å². The molecule has 5 nitrogen and oxygen atoms in total. The molecule has 22 heavy (non-hydrogen) atoms. The molecule has 116 valence electrons. The van der Waals surface area contributed by atoms with Crippen molar-refractivity contribution in [3.05, 3.63) is 29.6 Å². The van der Waals surface area contributed by atoms with Crippen LogP contribution in [0.3, 0.4) is 0 Å². The van der Waals surface area contributed by atoms with Crippen molar-refractivity contribution in [2.75, 3.05) is 20.1 Å². The maximum Gasteiger partial charge on any atom is 0.262 e. The predicted molar refractivity (Wildman–Crippen MR) is 77.7 cm³/mol. The zero-order chi connectivity index (χ0) is 15.7. The van der Waals surface area contributed by atoms with E-state index in [0.717, 1.165) is 13.1 Å². The lowest BCUT2D eigenvalue weighted by atomic mass is 9.89. The first-order chi connectivity index (χ1) is 10.5. The molecule has 6 heteroatoms. The number of carbonyl (C=O) groups excluding carboxylic acids is 1. The highest BCUT2D eigenvalue weighted by molar-refractivity contribution is 5.83. The summed E-state index contributed by atoms with van der Waals surface area (Å²) in [6.07, 6.45) is 0.835. The van der Waals surface area contributed by atoms with E-state index < -0.39 is 11.6 Å². The van der Waals surface area contributed by atoms with Gasteiger partial charge in [0.25, 0.3) is 5.91 Å². The molecule has 0 spiro atoms. The average Bonchev–Trinajstić information content (AvgIpc) is 2.93. The van der Waals surface area contributed by atoms with Gasteiger partial charge < -0.3 is 15.0 Å². The molecule has 1 aromatic carbocycles. The van der Waals surface area contributed by atoms with Crippen molar-refractivity contribution in [3.63, 3.8) is 0 Å². The van der Waals surface area contributed by atoms with Crippen LogP contribution in [-0.2, 0) is 11.2 Å². The van der Waals surface area contributed by atoms with Crippen LogP contribution in [0.25, 0.3) is 0 Å². The molecule has 0 radical (unpaired) electrons. The van der Waals surface area contributed by atoms with Gasteiger partial charge in [-0.1, -0.05) is 0 Å². The van der Waals surface area contributed by atoms with Crippen molar-refractivity contribution in [1.29, 1.82) is 5.26 Å². The van der Waals surface area contributed by atoms with E-state index in [1.807, 2.05) is 7.05 Å². The maximum atomic E-state index is 13.2. The Morgan fingerprint density at radius 1 is 1.50 bits per heavy atom. The summed E-state index contributed by atoms with van der Waals surface area (Å²) in [5, 5.41) is 12.3. The van der Waals surface area contributed by atoms with E-state index in [9.17, 15) is 14.4 Å². The van der Waals surface area contributed by atoms with E-state index in [2.05, 4.69) is 16.3 Å². The smallest absolute Gasteiger partial charge is 0.262 e. The third-order valence-electron chi connectivity index (χ3n) is 4.41. The van der Waals surface area contributed by atoms with Crippen LogP contribution in [0.2, 0.25) is 0 Å². The van der Waals surface area contributed by atoms with E-state index in [1.54, 1.807) is 0 Å². The number of nitriles is 1. The fraction of sp³-hybridized carbons (Fsp3) is 0.500. The molecule has 0 saturated carbocycles. The molecule has 1 aromatic rings. The Morgan fingerprint density at radius 3 is 2.91 bits per heavy atom. The number of piperidine rings is 1. The highest BCUT2D eigenvalue weighted by Gasteiger charge is 2.39. The molecule has 1 amide bonds. The lowest BCUT2D eigenvalue weighted by molar-refractivity contribution is -0.129. The number of hydrogen-bond donors (Lipinski definition) is 1. The number of amides is 1. The molecule has 2 aliphatic rings. The van der Waals surface area contributed by atoms with Crippen LogP contribution in [0.1, 0.15) is 18.4 Å². The highest BCUT2D eigenvalue weighted by atomic mass is 19.1. The minimum Gasteiger partial charge on any atom is -0.480 e. The Hall–Kier alpha value is -2.13. The molecule has 1 unspecified atom stereocenters. The van der Waals surface area contributed by atoms with E-state index in [1.165, 1.54) is 18.2 Å². The molecule has 3 rings (SSSR count). The normalized spacial score (nSPS) is 23.2. The van der Waals surface area contributed by atoms with E-state index in [-0.39, 0.29) is 11.7 Å². The molecular formula is C16H18FN3O2. The first-order valence-corrected chi connectivity index (χ1v) is 7.38. The number of nitrogens with one attached hydrogen (secondary N) is 1. The van der Waals surface area contributed by atoms with Gasteiger partial charge in [0.15, 0.2) is 6.10 Å². The highest BCUT2D eigenvalue weighted by Crippen LogP contribution is 2.30. The summed E-state index contributed by atoms with van der Waals surface area (Å²) in [5.74, 6) is -0.106. The van der Waals surface area contributed by atoms with Crippen LogP contribution in [0, 0.1) is 17.1 Å². The second kappa shape index (κ2) is 5.58. The van der Waals surface area contributed by atoms with Gasteiger partial charge in [0.1, 0.15) is 17.1 Å². The van der Waals surface area contributed by atoms with Gasteiger partial charge in [-0.25, -0.2) is 4.39 Å². The quantitative estimate of drug-likeness (QED) is 0.892. The first-order valence-electron chi connectivity index (χ1n) is 7.38. The third-order valence-corrected chi connectivity index (χ3v) is 4.41. The Labute approximate surface area is 128 Å². The molecule has 0 aromatic heterocycles. The Bertz CT molecular complexity index is 633. The Morgan fingerprint density at radius 2 is 2.23 bits per heavy atom. The second-order valence-corrected chi connectivity index (χ2v) is 6.05. The number of rotatable bonds is 2. The van der Waals surface area contributed by atoms with Gasteiger partial charge in [0, 0.05) is 25.1 Å². The van der Waals surface area contributed by atoms with Gasteiger partial charge in [-0.2, -0.15) is 5.26 Å². The topological polar surface area (TPSA) is 65.4 Å². The number of hydrogen-bond acceptors (Lipinski definition) is 4. The second-order valence-electron chi connectivity index (χ2n) is 6.05. The summed E-state index contributed by atoms with van der Waals surface area (Å²) in [5.41, 5.74) is -0.137. The molecule has 1 atom stereocenters. The molecule has 2 aliphatic heterocycles. The van der Waals surface area contributed by atoms with Crippen LogP contribution in [0.5, 0.6) is 5.75 Å². The van der Waals surface area contributed by atoms with Gasteiger partial charge in [-0.3, -0.25) is 4.79 Å². The van der Waals surface area contributed by atoms with Gasteiger partial charge in [-0.15, -0.1) is 0 Å². The van der Waals surface area contributed by atoms with Gasteiger partial charge in [0.05, 0.1) is 6.07 Å². The van der Waals surface area contributed by atoms with Crippen LogP contribution in [0.4, 0.5) is 4.39 Å². The summed E-state index contributed by atoms with van der Waals surface area (Å²) >= 11 is 0. The molecular weight excluding hydrogens is 285 g/mol. The summed E-state index contributed by atoms with van der Waals surface area (Å²) < 4.78 is 18.8. The zero-order valence-electron chi connectivity index (χ0n) is 12.4. The van der Waals surface area contributed by atoms with Gasteiger partial charge >= 0.3 is 0 Å². The minimum atomic E-state index is -0.826. The summed E-state index contributed by atoms with van der Waals surface area (Å²) in [7, 11) is 1.99. The molecule has 0 aliphatic carbocycles.